The first-order chi connectivity index (χ1) is 14.5. The van der Waals surface area contributed by atoms with Crippen molar-refractivity contribution >= 4 is 22.8 Å². The van der Waals surface area contributed by atoms with Crippen LogP contribution in [0.5, 0.6) is 0 Å². The molecule has 0 atom stereocenters. The molecule has 4 aromatic rings. The second kappa shape index (κ2) is 8.08. The fourth-order valence-electron chi connectivity index (χ4n) is 3.15. The lowest BCUT2D eigenvalue weighted by Crippen LogP contribution is -2.24. The number of carbonyl (C=O) groups is 2. The van der Waals surface area contributed by atoms with E-state index in [-0.39, 0.29) is 6.54 Å². The summed E-state index contributed by atoms with van der Waals surface area (Å²) in [5.74, 6) is -0.986. The lowest BCUT2D eigenvalue weighted by atomic mass is 10.2. The number of hydrogen-bond donors (Lipinski definition) is 1. The van der Waals surface area contributed by atoms with Crippen LogP contribution in [-0.4, -0.2) is 38.7 Å². The number of benzene rings is 2. The summed E-state index contributed by atoms with van der Waals surface area (Å²) in [6, 6.07) is 19.2. The lowest BCUT2D eigenvalue weighted by Gasteiger charge is -2.14. The SMILES string of the molecule is CN(Cc1cn(-c2ccccc2)nc1-c1cc2ccccc2o1)C(=O)C=CC(=O)O. The molecule has 0 aliphatic heterocycles. The van der Waals surface area contributed by atoms with E-state index < -0.39 is 11.9 Å². The van der Waals surface area contributed by atoms with Crippen LogP contribution in [0.15, 0.2) is 83.4 Å². The van der Waals surface area contributed by atoms with Crippen molar-refractivity contribution in [2.45, 2.75) is 6.54 Å². The van der Waals surface area contributed by atoms with Gasteiger partial charge in [0, 0.05) is 42.9 Å². The maximum absolute atomic E-state index is 12.2. The largest absolute Gasteiger partial charge is 0.478 e. The van der Waals surface area contributed by atoms with Crippen molar-refractivity contribution in [2.75, 3.05) is 7.05 Å². The van der Waals surface area contributed by atoms with Gasteiger partial charge in [-0.3, -0.25) is 4.79 Å². The quantitative estimate of drug-likeness (QED) is 0.495. The topological polar surface area (TPSA) is 88.6 Å². The molecule has 0 aliphatic rings. The second-order valence-electron chi connectivity index (χ2n) is 6.80. The molecular formula is C23H19N3O4. The molecule has 2 heterocycles. The number of carboxylic acids is 1. The lowest BCUT2D eigenvalue weighted by molar-refractivity contribution is -0.132. The Hall–Kier alpha value is -4.13. The van der Waals surface area contributed by atoms with Crippen LogP contribution in [0.1, 0.15) is 5.56 Å². The average Bonchev–Trinajstić information content (AvgIpc) is 3.36. The molecule has 7 heteroatoms. The maximum atomic E-state index is 12.2. The summed E-state index contributed by atoms with van der Waals surface area (Å²) >= 11 is 0. The Balaban J connectivity index is 1.73. The zero-order chi connectivity index (χ0) is 21.1. The molecule has 1 amide bonds. The second-order valence-corrected chi connectivity index (χ2v) is 6.80. The minimum atomic E-state index is -1.17. The third-order valence-electron chi connectivity index (χ3n) is 4.62. The predicted molar refractivity (Wildman–Crippen MR) is 112 cm³/mol. The zero-order valence-electron chi connectivity index (χ0n) is 16.2. The molecule has 0 fully saturated rings. The van der Waals surface area contributed by atoms with Gasteiger partial charge in [-0.25, -0.2) is 9.48 Å². The number of rotatable bonds is 6. The van der Waals surface area contributed by atoms with Gasteiger partial charge in [-0.2, -0.15) is 5.10 Å². The van der Waals surface area contributed by atoms with Crippen LogP contribution < -0.4 is 0 Å². The van der Waals surface area contributed by atoms with E-state index in [1.165, 1.54) is 4.90 Å². The van der Waals surface area contributed by atoms with Gasteiger partial charge in [0.05, 0.1) is 5.69 Å². The standard InChI is InChI=1S/C23H19N3O4/c1-25(21(27)11-12-22(28)29)14-17-15-26(18-8-3-2-4-9-18)24-23(17)20-13-16-7-5-6-10-19(16)30-20/h2-13,15H,14H2,1H3,(H,28,29). The molecule has 4 rings (SSSR count). The number of carbonyl (C=O) groups excluding carboxylic acids is 1. The first-order valence-corrected chi connectivity index (χ1v) is 9.30. The minimum absolute atomic E-state index is 0.238. The van der Waals surface area contributed by atoms with Crippen molar-refractivity contribution in [3.05, 3.63) is 84.6 Å². The summed E-state index contributed by atoms with van der Waals surface area (Å²) < 4.78 is 7.73. The van der Waals surface area contributed by atoms with Crippen LogP contribution in [0.4, 0.5) is 0 Å². The molecule has 0 spiro atoms. The molecule has 1 N–H and O–H groups in total. The van der Waals surface area contributed by atoms with Crippen LogP contribution in [0, 0.1) is 0 Å². The highest BCUT2D eigenvalue weighted by molar-refractivity contribution is 5.93. The highest BCUT2D eigenvalue weighted by atomic mass is 16.4. The number of aliphatic carboxylic acids is 1. The van der Waals surface area contributed by atoms with E-state index in [1.807, 2.05) is 66.9 Å². The normalized spacial score (nSPS) is 11.2. The van der Waals surface area contributed by atoms with Gasteiger partial charge in [-0.05, 0) is 24.3 Å². The van der Waals surface area contributed by atoms with Crippen molar-refractivity contribution in [2.24, 2.45) is 0 Å². The van der Waals surface area contributed by atoms with E-state index in [9.17, 15) is 9.59 Å². The number of carboxylic acid groups (broad SMARTS) is 1. The van der Waals surface area contributed by atoms with E-state index in [4.69, 9.17) is 14.6 Å². The fraction of sp³-hybridized carbons (Fsp3) is 0.0870. The van der Waals surface area contributed by atoms with Crippen molar-refractivity contribution in [3.8, 4) is 17.1 Å². The molecule has 0 saturated carbocycles. The predicted octanol–water partition coefficient (Wildman–Crippen LogP) is 3.88. The number of nitrogens with zero attached hydrogens (tertiary/aromatic N) is 3. The molecule has 2 aromatic heterocycles. The number of amides is 1. The minimum Gasteiger partial charge on any atom is -0.478 e. The number of fused-ring (bicyclic) bond motifs is 1. The molecule has 30 heavy (non-hydrogen) atoms. The molecule has 150 valence electrons. The Morgan fingerprint density at radius 2 is 1.83 bits per heavy atom. The molecule has 0 saturated heterocycles. The summed E-state index contributed by atoms with van der Waals surface area (Å²) in [5.41, 5.74) is 3.02. The smallest absolute Gasteiger partial charge is 0.328 e. The van der Waals surface area contributed by atoms with Gasteiger partial charge in [0.1, 0.15) is 11.3 Å². The Kier molecular flexibility index (Phi) is 5.17. The number of likely N-dealkylation sites (N-methyl/N-ethyl adjacent to an activating group) is 1. The number of hydrogen-bond acceptors (Lipinski definition) is 4. The summed E-state index contributed by atoms with van der Waals surface area (Å²) in [7, 11) is 1.61. The van der Waals surface area contributed by atoms with Crippen molar-refractivity contribution < 1.29 is 19.1 Å². The van der Waals surface area contributed by atoms with E-state index in [0.29, 0.717) is 11.5 Å². The van der Waals surface area contributed by atoms with Gasteiger partial charge in [0.25, 0.3) is 0 Å². The van der Waals surface area contributed by atoms with Crippen LogP contribution in [0.2, 0.25) is 0 Å². The first kappa shape index (κ1) is 19.2. The van der Waals surface area contributed by atoms with Crippen LogP contribution in [-0.2, 0) is 16.1 Å². The van der Waals surface area contributed by atoms with Gasteiger partial charge >= 0.3 is 5.97 Å². The average molecular weight is 401 g/mol. The monoisotopic (exact) mass is 401 g/mol. The molecule has 0 unspecified atom stereocenters. The van der Waals surface area contributed by atoms with Gasteiger partial charge in [0.15, 0.2) is 5.76 Å². The Morgan fingerprint density at radius 3 is 2.57 bits per heavy atom. The number of furan rings is 1. The van der Waals surface area contributed by atoms with Gasteiger partial charge < -0.3 is 14.4 Å². The third kappa shape index (κ3) is 4.00. The molecule has 2 aromatic carbocycles. The van der Waals surface area contributed by atoms with E-state index in [2.05, 4.69) is 0 Å². The van der Waals surface area contributed by atoms with Crippen molar-refractivity contribution in [1.82, 2.24) is 14.7 Å². The summed E-state index contributed by atoms with van der Waals surface area (Å²) in [4.78, 5) is 24.4. The van der Waals surface area contributed by atoms with E-state index in [1.54, 1.807) is 11.7 Å². The molecule has 0 aliphatic carbocycles. The fourth-order valence-corrected chi connectivity index (χ4v) is 3.15. The summed E-state index contributed by atoms with van der Waals surface area (Å²) in [5, 5.41) is 14.4. The maximum Gasteiger partial charge on any atom is 0.328 e. The number of para-hydroxylation sites is 2. The summed E-state index contributed by atoms with van der Waals surface area (Å²) in [6.45, 7) is 0.238. The molecule has 0 bridgehead atoms. The Morgan fingerprint density at radius 1 is 1.10 bits per heavy atom. The highest BCUT2D eigenvalue weighted by Crippen LogP contribution is 2.30. The van der Waals surface area contributed by atoms with E-state index in [0.717, 1.165) is 34.4 Å². The number of aromatic nitrogens is 2. The molecule has 7 nitrogen and oxygen atoms in total. The Labute approximate surface area is 172 Å². The Bertz CT molecular complexity index is 1200. The first-order valence-electron chi connectivity index (χ1n) is 9.30. The zero-order valence-corrected chi connectivity index (χ0v) is 16.2. The van der Waals surface area contributed by atoms with E-state index >= 15 is 0 Å². The van der Waals surface area contributed by atoms with Gasteiger partial charge in [0.2, 0.25) is 5.91 Å². The van der Waals surface area contributed by atoms with Gasteiger partial charge in [-0.1, -0.05) is 36.4 Å². The molecule has 0 radical (unpaired) electrons. The molecular weight excluding hydrogens is 382 g/mol. The van der Waals surface area contributed by atoms with Crippen molar-refractivity contribution in [3.63, 3.8) is 0 Å². The third-order valence-corrected chi connectivity index (χ3v) is 4.62. The van der Waals surface area contributed by atoms with Crippen LogP contribution in [0.3, 0.4) is 0 Å². The van der Waals surface area contributed by atoms with Gasteiger partial charge in [-0.15, -0.1) is 0 Å². The van der Waals surface area contributed by atoms with Crippen LogP contribution in [0.25, 0.3) is 28.1 Å². The highest BCUT2D eigenvalue weighted by Gasteiger charge is 2.19. The van der Waals surface area contributed by atoms with Crippen LogP contribution >= 0.6 is 0 Å². The van der Waals surface area contributed by atoms with Crippen molar-refractivity contribution in [1.29, 1.82) is 0 Å². The summed E-state index contributed by atoms with van der Waals surface area (Å²) in [6.07, 6.45) is 3.71.